The standard InChI is InChI=1S/C14H10N4/c1-2-6-11-9(4-1)8-12(16-11)13-10-5-3-7-15-14(10)18-17-13/h1-8,16H,(H,15,17,18). The van der Waals surface area contributed by atoms with Crippen LogP contribution in [0.1, 0.15) is 0 Å². The molecule has 0 unspecified atom stereocenters. The zero-order valence-corrected chi connectivity index (χ0v) is 9.51. The van der Waals surface area contributed by atoms with E-state index in [0.29, 0.717) is 0 Å². The van der Waals surface area contributed by atoms with Crippen molar-refractivity contribution in [2.75, 3.05) is 0 Å². The smallest absolute Gasteiger partial charge is 0.155 e. The Morgan fingerprint density at radius 3 is 2.89 bits per heavy atom. The molecule has 3 aromatic heterocycles. The van der Waals surface area contributed by atoms with E-state index >= 15 is 0 Å². The maximum absolute atomic E-state index is 4.34. The Morgan fingerprint density at radius 1 is 1.00 bits per heavy atom. The highest BCUT2D eigenvalue weighted by molar-refractivity contribution is 5.94. The first-order chi connectivity index (χ1) is 8.92. The van der Waals surface area contributed by atoms with Crippen molar-refractivity contribution in [1.82, 2.24) is 20.2 Å². The van der Waals surface area contributed by atoms with E-state index in [4.69, 9.17) is 0 Å². The van der Waals surface area contributed by atoms with Crippen molar-refractivity contribution in [3.05, 3.63) is 48.7 Å². The molecule has 4 nitrogen and oxygen atoms in total. The summed E-state index contributed by atoms with van der Waals surface area (Å²) < 4.78 is 0. The first-order valence-electron chi connectivity index (χ1n) is 5.79. The summed E-state index contributed by atoms with van der Waals surface area (Å²) in [6, 6.07) is 14.2. The van der Waals surface area contributed by atoms with Gasteiger partial charge in [-0.25, -0.2) is 4.98 Å². The number of aromatic amines is 2. The van der Waals surface area contributed by atoms with Crippen LogP contribution in [0.15, 0.2) is 48.7 Å². The van der Waals surface area contributed by atoms with Crippen molar-refractivity contribution < 1.29 is 0 Å². The van der Waals surface area contributed by atoms with Gasteiger partial charge >= 0.3 is 0 Å². The number of hydrogen-bond donors (Lipinski definition) is 2. The van der Waals surface area contributed by atoms with Crippen molar-refractivity contribution in [3.63, 3.8) is 0 Å². The normalized spacial score (nSPS) is 11.3. The van der Waals surface area contributed by atoms with Gasteiger partial charge in [-0.15, -0.1) is 0 Å². The van der Waals surface area contributed by atoms with E-state index in [1.165, 1.54) is 5.39 Å². The number of para-hydroxylation sites is 1. The number of benzene rings is 1. The third-order valence-electron chi connectivity index (χ3n) is 3.12. The van der Waals surface area contributed by atoms with E-state index in [1.54, 1.807) is 6.20 Å². The van der Waals surface area contributed by atoms with Gasteiger partial charge < -0.3 is 4.98 Å². The van der Waals surface area contributed by atoms with Gasteiger partial charge in [-0.05, 0) is 24.3 Å². The Balaban J connectivity index is 2.01. The Morgan fingerprint density at radius 2 is 1.94 bits per heavy atom. The van der Waals surface area contributed by atoms with Gasteiger partial charge in [0, 0.05) is 22.5 Å². The maximum atomic E-state index is 4.34. The zero-order chi connectivity index (χ0) is 11.9. The Kier molecular flexibility index (Phi) is 1.80. The molecule has 4 rings (SSSR count). The topological polar surface area (TPSA) is 57.4 Å². The summed E-state index contributed by atoms with van der Waals surface area (Å²) in [5, 5.41) is 9.51. The van der Waals surface area contributed by atoms with Gasteiger partial charge in [-0.3, -0.25) is 5.10 Å². The molecule has 18 heavy (non-hydrogen) atoms. The van der Waals surface area contributed by atoms with Crippen LogP contribution in [0.25, 0.3) is 33.3 Å². The molecule has 0 bridgehead atoms. The number of nitrogens with zero attached hydrogens (tertiary/aromatic N) is 2. The van der Waals surface area contributed by atoms with Crippen LogP contribution in [0.2, 0.25) is 0 Å². The van der Waals surface area contributed by atoms with Crippen LogP contribution < -0.4 is 0 Å². The summed E-state index contributed by atoms with van der Waals surface area (Å²) >= 11 is 0. The number of aromatic nitrogens is 4. The lowest BCUT2D eigenvalue weighted by Gasteiger charge is -1.91. The number of fused-ring (bicyclic) bond motifs is 2. The van der Waals surface area contributed by atoms with Gasteiger partial charge in [0.2, 0.25) is 0 Å². The molecule has 0 fully saturated rings. The number of H-pyrrole nitrogens is 2. The molecule has 86 valence electrons. The van der Waals surface area contributed by atoms with Crippen molar-refractivity contribution >= 4 is 21.9 Å². The number of pyridine rings is 1. The highest BCUT2D eigenvalue weighted by Gasteiger charge is 2.10. The largest absolute Gasteiger partial charge is 0.353 e. The molecule has 3 heterocycles. The highest BCUT2D eigenvalue weighted by Crippen LogP contribution is 2.27. The van der Waals surface area contributed by atoms with E-state index in [1.807, 2.05) is 24.3 Å². The number of rotatable bonds is 1. The molecule has 0 saturated heterocycles. The first kappa shape index (κ1) is 9.41. The minimum atomic E-state index is 0.811. The van der Waals surface area contributed by atoms with Crippen molar-refractivity contribution in [2.45, 2.75) is 0 Å². The summed E-state index contributed by atoms with van der Waals surface area (Å²) in [5.74, 6) is 0. The first-order valence-corrected chi connectivity index (χ1v) is 5.79. The SMILES string of the molecule is c1ccc2[nH]c(-c3n[nH]c4ncccc34)cc2c1. The van der Waals surface area contributed by atoms with Crippen LogP contribution in [0.5, 0.6) is 0 Å². The Labute approximate surface area is 103 Å². The molecular weight excluding hydrogens is 224 g/mol. The monoisotopic (exact) mass is 234 g/mol. The molecule has 4 heteroatoms. The summed E-state index contributed by atoms with van der Waals surface area (Å²) in [6.45, 7) is 0. The fourth-order valence-electron chi connectivity index (χ4n) is 2.26. The van der Waals surface area contributed by atoms with Crippen LogP contribution in [-0.4, -0.2) is 20.2 Å². The molecule has 0 saturated carbocycles. The van der Waals surface area contributed by atoms with Crippen LogP contribution in [0.4, 0.5) is 0 Å². The predicted octanol–water partition coefficient (Wildman–Crippen LogP) is 3.11. The summed E-state index contributed by atoms with van der Waals surface area (Å²) in [6.07, 6.45) is 1.76. The van der Waals surface area contributed by atoms with Gasteiger partial charge in [0.05, 0.1) is 5.69 Å². The molecule has 0 aliphatic rings. The van der Waals surface area contributed by atoms with E-state index < -0.39 is 0 Å². The Bertz CT molecular complexity index is 808. The van der Waals surface area contributed by atoms with Gasteiger partial charge in [0.25, 0.3) is 0 Å². The molecule has 0 atom stereocenters. The molecule has 4 aromatic rings. The van der Waals surface area contributed by atoms with E-state index in [2.05, 4.69) is 38.4 Å². The fourth-order valence-corrected chi connectivity index (χ4v) is 2.26. The van der Waals surface area contributed by atoms with Gasteiger partial charge in [-0.2, -0.15) is 5.10 Å². The fraction of sp³-hybridized carbons (Fsp3) is 0. The summed E-state index contributed by atoms with van der Waals surface area (Å²) in [7, 11) is 0. The van der Waals surface area contributed by atoms with E-state index in [9.17, 15) is 0 Å². The highest BCUT2D eigenvalue weighted by atomic mass is 15.2. The summed E-state index contributed by atoms with van der Waals surface area (Å²) in [5.41, 5.74) is 3.85. The number of hydrogen-bond acceptors (Lipinski definition) is 2. The average molecular weight is 234 g/mol. The van der Waals surface area contributed by atoms with Gasteiger partial charge in [-0.1, -0.05) is 18.2 Å². The lowest BCUT2D eigenvalue weighted by Crippen LogP contribution is -1.77. The third-order valence-corrected chi connectivity index (χ3v) is 3.12. The minimum absolute atomic E-state index is 0.811. The second-order valence-electron chi connectivity index (χ2n) is 4.24. The zero-order valence-electron chi connectivity index (χ0n) is 9.51. The van der Waals surface area contributed by atoms with E-state index in [-0.39, 0.29) is 0 Å². The molecule has 1 aromatic carbocycles. The predicted molar refractivity (Wildman–Crippen MR) is 71.2 cm³/mol. The van der Waals surface area contributed by atoms with Gasteiger partial charge in [0.15, 0.2) is 5.65 Å². The molecular formula is C14H10N4. The molecule has 0 aliphatic heterocycles. The van der Waals surface area contributed by atoms with Crippen LogP contribution in [-0.2, 0) is 0 Å². The molecule has 0 aliphatic carbocycles. The average Bonchev–Trinajstić information content (AvgIpc) is 3.02. The second-order valence-corrected chi connectivity index (χ2v) is 4.24. The van der Waals surface area contributed by atoms with E-state index in [0.717, 1.165) is 27.9 Å². The molecule has 0 radical (unpaired) electrons. The lowest BCUT2D eigenvalue weighted by molar-refractivity contribution is 1.10. The maximum Gasteiger partial charge on any atom is 0.155 e. The van der Waals surface area contributed by atoms with Crippen molar-refractivity contribution in [1.29, 1.82) is 0 Å². The van der Waals surface area contributed by atoms with Crippen LogP contribution in [0.3, 0.4) is 0 Å². The van der Waals surface area contributed by atoms with Crippen LogP contribution in [0, 0.1) is 0 Å². The molecule has 2 N–H and O–H groups in total. The second kappa shape index (κ2) is 3.43. The Hall–Kier alpha value is -2.62. The number of nitrogens with one attached hydrogen (secondary N) is 2. The lowest BCUT2D eigenvalue weighted by atomic mass is 10.2. The van der Waals surface area contributed by atoms with Crippen LogP contribution >= 0.6 is 0 Å². The summed E-state index contributed by atoms with van der Waals surface area (Å²) in [4.78, 5) is 7.63. The quantitative estimate of drug-likeness (QED) is 0.531. The minimum Gasteiger partial charge on any atom is -0.353 e. The van der Waals surface area contributed by atoms with Gasteiger partial charge in [0.1, 0.15) is 5.69 Å². The van der Waals surface area contributed by atoms with Crippen molar-refractivity contribution in [2.24, 2.45) is 0 Å². The molecule has 0 amide bonds. The van der Waals surface area contributed by atoms with Crippen molar-refractivity contribution in [3.8, 4) is 11.4 Å². The molecule has 0 spiro atoms. The third kappa shape index (κ3) is 1.26.